The molecule has 1 aliphatic heterocycles. The first kappa shape index (κ1) is 31.5. The van der Waals surface area contributed by atoms with Crippen LogP contribution in [-0.4, -0.2) is 65.1 Å². The number of nitrogens with zero attached hydrogens (tertiary/aromatic N) is 4. The number of hydrogen-bond donors (Lipinski definition) is 2. The van der Waals surface area contributed by atoms with Crippen LogP contribution in [0.1, 0.15) is 83.7 Å². The molecule has 10 heteroatoms. The number of ether oxygens (including phenoxy) is 1. The third-order valence-electron chi connectivity index (χ3n) is 6.75. The SMILES string of the molecule is CC.CCC/C(C(=O)[C@H]1CCCCC1=O)=C(/N)c1nc(OC[C@@H]2CCCN2C)cc(/C(N)=C/C=N/SC)n1. The summed E-state index contributed by atoms with van der Waals surface area (Å²) in [6.45, 7) is 7.49. The van der Waals surface area contributed by atoms with E-state index in [1.165, 1.54) is 11.9 Å². The Morgan fingerprint density at radius 3 is 2.63 bits per heavy atom. The van der Waals surface area contributed by atoms with Crippen molar-refractivity contribution in [2.75, 3.05) is 26.5 Å². The number of rotatable bonds is 11. The van der Waals surface area contributed by atoms with Crippen LogP contribution >= 0.6 is 11.9 Å². The molecule has 1 saturated heterocycles. The topological polar surface area (TPSA) is 137 Å². The molecule has 210 valence electrons. The summed E-state index contributed by atoms with van der Waals surface area (Å²) in [5.41, 5.74) is 14.2. The number of Topliss-reactive ketones (excluding diaryl/α,β-unsaturated/α-hetero) is 2. The van der Waals surface area contributed by atoms with Crippen LogP contribution in [0.3, 0.4) is 0 Å². The lowest BCUT2D eigenvalue weighted by Crippen LogP contribution is -2.31. The normalized spacial score (nSPS) is 21.2. The molecule has 2 heterocycles. The summed E-state index contributed by atoms with van der Waals surface area (Å²) in [5.74, 6) is -0.330. The maximum Gasteiger partial charge on any atom is 0.217 e. The fraction of sp³-hybridized carbons (Fsp3) is 0.607. The highest BCUT2D eigenvalue weighted by molar-refractivity contribution is 7.97. The zero-order valence-corrected chi connectivity index (χ0v) is 24.4. The number of allylic oxidation sites excluding steroid dienone is 2. The molecule has 0 radical (unpaired) electrons. The number of ketones is 2. The first-order valence-corrected chi connectivity index (χ1v) is 14.8. The number of hydrogen-bond acceptors (Lipinski definition) is 10. The van der Waals surface area contributed by atoms with Crippen molar-refractivity contribution in [1.82, 2.24) is 14.9 Å². The molecular weight excluding hydrogens is 500 g/mol. The second kappa shape index (κ2) is 16.3. The maximum absolute atomic E-state index is 13.4. The van der Waals surface area contributed by atoms with E-state index in [9.17, 15) is 9.59 Å². The number of nitrogens with two attached hydrogens (primary N) is 2. The van der Waals surface area contributed by atoms with E-state index in [-0.39, 0.29) is 23.1 Å². The van der Waals surface area contributed by atoms with Gasteiger partial charge in [0.05, 0.1) is 23.0 Å². The molecule has 38 heavy (non-hydrogen) atoms. The molecular formula is C28H44N6O3S. The Hall–Kier alpha value is -2.72. The molecule has 0 spiro atoms. The second-order valence-corrected chi connectivity index (χ2v) is 9.91. The molecule has 2 fully saturated rings. The second-order valence-electron chi connectivity index (χ2n) is 9.33. The van der Waals surface area contributed by atoms with Crippen molar-refractivity contribution in [3.05, 3.63) is 29.2 Å². The molecule has 3 rings (SSSR count). The summed E-state index contributed by atoms with van der Waals surface area (Å²) < 4.78 is 10.2. The van der Waals surface area contributed by atoms with E-state index in [0.717, 1.165) is 32.2 Å². The Labute approximate surface area is 231 Å². The molecule has 0 amide bonds. The monoisotopic (exact) mass is 544 g/mol. The predicted octanol–water partition coefficient (Wildman–Crippen LogP) is 4.42. The van der Waals surface area contributed by atoms with Crippen LogP contribution in [0.25, 0.3) is 11.4 Å². The Morgan fingerprint density at radius 2 is 2.00 bits per heavy atom. The zero-order chi connectivity index (χ0) is 28.1. The zero-order valence-electron chi connectivity index (χ0n) is 23.5. The van der Waals surface area contributed by atoms with Crippen molar-refractivity contribution in [1.29, 1.82) is 0 Å². The van der Waals surface area contributed by atoms with Crippen LogP contribution in [0, 0.1) is 5.92 Å². The third kappa shape index (κ3) is 8.66. The van der Waals surface area contributed by atoms with Gasteiger partial charge in [-0.15, -0.1) is 0 Å². The highest BCUT2D eigenvalue weighted by atomic mass is 32.2. The summed E-state index contributed by atoms with van der Waals surface area (Å²) >= 11 is 1.31. The third-order valence-corrected chi connectivity index (χ3v) is 7.08. The molecule has 1 saturated carbocycles. The van der Waals surface area contributed by atoms with Gasteiger partial charge in [0.25, 0.3) is 0 Å². The van der Waals surface area contributed by atoms with Crippen molar-refractivity contribution in [2.45, 2.75) is 78.2 Å². The van der Waals surface area contributed by atoms with E-state index in [2.05, 4.69) is 26.3 Å². The van der Waals surface area contributed by atoms with Crippen LogP contribution in [0.4, 0.5) is 0 Å². The Kier molecular flexibility index (Phi) is 13.5. The highest BCUT2D eigenvalue weighted by Crippen LogP contribution is 2.28. The van der Waals surface area contributed by atoms with Crippen molar-refractivity contribution >= 4 is 41.1 Å². The Morgan fingerprint density at radius 1 is 1.24 bits per heavy atom. The Balaban J connectivity index is 0.00000247. The maximum atomic E-state index is 13.4. The fourth-order valence-electron chi connectivity index (χ4n) is 4.64. The van der Waals surface area contributed by atoms with Crippen molar-refractivity contribution in [2.24, 2.45) is 21.8 Å². The molecule has 9 nitrogen and oxygen atoms in total. The summed E-state index contributed by atoms with van der Waals surface area (Å²) in [7, 11) is 2.08. The van der Waals surface area contributed by atoms with Crippen LogP contribution in [-0.2, 0) is 9.59 Å². The molecule has 0 unspecified atom stereocenters. The molecule has 2 atom stereocenters. The highest BCUT2D eigenvalue weighted by Gasteiger charge is 2.32. The van der Waals surface area contributed by atoms with Gasteiger partial charge in [-0.05, 0) is 63.7 Å². The van der Waals surface area contributed by atoms with Gasteiger partial charge in [-0.25, -0.2) is 9.38 Å². The summed E-state index contributed by atoms with van der Waals surface area (Å²) in [6, 6.07) is 1.98. The van der Waals surface area contributed by atoms with Crippen molar-refractivity contribution in [3.63, 3.8) is 0 Å². The smallest absolute Gasteiger partial charge is 0.217 e. The molecule has 1 aliphatic carbocycles. The fourth-order valence-corrected chi connectivity index (χ4v) is 4.82. The van der Waals surface area contributed by atoms with Crippen molar-refractivity contribution < 1.29 is 14.3 Å². The minimum Gasteiger partial charge on any atom is -0.476 e. The summed E-state index contributed by atoms with van der Waals surface area (Å²) in [5, 5.41) is 0. The Bertz CT molecular complexity index is 1040. The minimum atomic E-state index is -0.636. The lowest BCUT2D eigenvalue weighted by Gasteiger charge is -2.22. The van der Waals surface area contributed by atoms with E-state index < -0.39 is 5.92 Å². The molecule has 0 bridgehead atoms. The minimum absolute atomic E-state index is 0.00714. The molecule has 0 aromatic carbocycles. The average molecular weight is 545 g/mol. The molecule has 2 aliphatic rings. The van der Waals surface area contributed by atoms with Gasteiger partial charge in [-0.1, -0.05) is 33.6 Å². The first-order valence-electron chi connectivity index (χ1n) is 13.7. The molecule has 1 aromatic heterocycles. The summed E-state index contributed by atoms with van der Waals surface area (Å²) in [6.07, 6.45) is 11.1. The number of carbonyl (C=O) groups excluding carboxylic acids is 2. The van der Waals surface area contributed by atoms with Gasteiger partial charge >= 0.3 is 0 Å². The van der Waals surface area contributed by atoms with Gasteiger partial charge in [0, 0.05) is 36.6 Å². The van der Waals surface area contributed by atoms with Crippen LogP contribution in [0.15, 0.2) is 22.1 Å². The van der Waals surface area contributed by atoms with Crippen LogP contribution in [0.2, 0.25) is 0 Å². The number of carbonyl (C=O) groups is 2. The van der Waals surface area contributed by atoms with E-state index in [1.54, 1.807) is 18.4 Å². The van der Waals surface area contributed by atoms with Gasteiger partial charge in [-0.2, -0.15) is 4.98 Å². The van der Waals surface area contributed by atoms with Crippen LogP contribution in [0.5, 0.6) is 5.88 Å². The van der Waals surface area contributed by atoms with Gasteiger partial charge in [0.1, 0.15) is 12.4 Å². The molecule has 4 N–H and O–H groups in total. The lowest BCUT2D eigenvalue weighted by atomic mass is 9.81. The van der Waals surface area contributed by atoms with Gasteiger partial charge < -0.3 is 21.1 Å². The van der Waals surface area contributed by atoms with Gasteiger partial charge in [0.2, 0.25) is 5.88 Å². The van der Waals surface area contributed by atoms with Gasteiger partial charge in [-0.3, -0.25) is 9.59 Å². The van der Waals surface area contributed by atoms with E-state index in [0.29, 0.717) is 61.2 Å². The number of likely N-dealkylation sites (N-methyl/N-ethyl adjacent to an activating group) is 1. The quantitative estimate of drug-likeness (QED) is 0.179. The first-order chi connectivity index (χ1) is 18.3. The van der Waals surface area contributed by atoms with E-state index in [4.69, 9.17) is 16.2 Å². The predicted molar refractivity (Wildman–Crippen MR) is 157 cm³/mol. The molecule has 1 aromatic rings. The summed E-state index contributed by atoms with van der Waals surface area (Å²) in [4.78, 5) is 37.3. The standard InChI is InChI=1S/C26H38N6O3S.C2H6/c1-4-8-19(25(34)18-10-5-6-11-22(18)33)24(28)26-30-21(20(27)12-13-29-36-3)15-23(31-26)35-16-17-9-7-14-32(17)2;1-2/h12-13,15,17-18H,4-11,14,16,27-28H2,1-3H3;1-2H3/b20-12-,24-19-,29-13+;/t17-,18-;/m0./s1. The van der Waals surface area contributed by atoms with Crippen LogP contribution < -0.4 is 16.2 Å². The number of likely N-dealkylation sites (tertiary alicyclic amines) is 1. The van der Waals surface area contributed by atoms with E-state index in [1.807, 2.05) is 27.0 Å². The van der Waals surface area contributed by atoms with E-state index >= 15 is 0 Å². The lowest BCUT2D eigenvalue weighted by molar-refractivity contribution is -0.132. The number of aromatic nitrogens is 2. The van der Waals surface area contributed by atoms with Crippen molar-refractivity contribution in [3.8, 4) is 5.88 Å². The largest absolute Gasteiger partial charge is 0.476 e. The average Bonchev–Trinajstić information content (AvgIpc) is 3.35. The van der Waals surface area contributed by atoms with Gasteiger partial charge in [0.15, 0.2) is 11.6 Å².